The normalized spacial score (nSPS) is 15.2. The van der Waals surface area contributed by atoms with Crippen LogP contribution in [0.2, 0.25) is 0 Å². The van der Waals surface area contributed by atoms with Crippen LogP contribution < -0.4 is 5.32 Å². The first-order chi connectivity index (χ1) is 9.54. The molecule has 0 aliphatic carbocycles. The molecule has 20 heavy (non-hydrogen) atoms. The molecule has 0 fully saturated rings. The van der Waals surface area contributed by atoms with Crippen molar-refractivity contribution in [2.75, 3.05) is 5.32 Å². The van der Waals surface area contributed by atoms with Crippen LogP contribution in [0.4, 0.5) is 5.69 Å². The van der Waals surface area contributed by atoms with Gasteiger partial charge in [0.25, 0.3) is 5.91 Å². The van der Waals surface area contributed by atoms with Gasteiger partial charge in [0.05, 0.1) is 11.1 Å². The Hall–Kier alpha value is -2.40. The lowest BCUT2D eigenvalue weighted by Gasteiger charge is -2.00. The van der Waals surface area contributed by atoms with Crippen LogP contribution in [-0.4, -0.2) is 17.0 Å². The fraction of sp³-hybridized carbons (Fsp3) is 0.0667. The second kappa shape index (κ2) is 4.61. The van der Waals surface area contributed by atoms with Gasteiger partial charge in [-0.15, -0.1) is 11.3 Å². The molecule has 0 bridgehead atoms. The number of hydrogen-bond donors (Lipinski definition) is 2. The zero-order valence-corrected chi connectivity index (χ0v) is 11.5. The van der Waals surface area contributed by atoms with Gasteiger partial charge in [0.15, 0.2) is 0 Å². The summed E-state index contributed by atoms with van der Waals surface area (Å²) in [5, 5.41) is 11.8. The molecule has 2 N–H and O–H groups in total. The first kappa shape index (κ1) is 12.6. The zero-order valence-electron chi connectivity index (χ0n) is 10.6. The highest BCUT2D eigenvalue weighted by Crippen LogP contribution is 2.34. The maximum Gasteiger partial charge on any atom is 0.335 e. The summed E-state index contributed by atoms with van der Waals surface area (Å²) in [7, 11) is 0. The van der Waals surface area contributed by atoms with E-state index in [9.17, 15) is 9.59 Å². The van der Waals surface area contributed by atoms with Crippen LogP contribution in [-0.2, 0) is 4.79 Å². The van der Waals surface area contributed by atoms with Crippen molar-refractivity contribution in [2.45, 2.75) is 6.92 Å². The summed E-state index contributed by atoms with van der Waals surface area (Å²) in [5.74, 6) is -1.20. The van der Waals surface area contributed by atoms with Crippen LogP contribution in [0.3, 0.4) is 0 Å². The third-order valence-corrected chi connectivity index (χ3v) is 4.04. The molecule has 0 spiro atoms. The number of hydrogen-bond acceptors (Lipinski definition) is 3. The lowest BCUT2D eigenvalue weighted by atomic mass is 10.0. The lowest BCUT2D eigenvalue weighted by Crippen LogP contribution is -2.03. The Labute approximate surface area is 119 Å². The molecule has 100 valence electrons. The van der Waals surface area contributed by atoms with Gasteiger partial charge in [-0.3, -0.25) is 4.79 Å². The number of carbonyl (C=O) groups is 2. The largest absolute Gasteiger partial charge is 0.478 e. The minimum Gasteiger partial charge on any atom is -0.478 e. The van der Waals surface area contributed by atoms with Crippen molar-refractivity contribution >= 4 is 40.5 Å². The van der Waals surface area contributed by atoms with Gasteiger partial charge in [-0.05, 0) is 43.3 Å². The molecule has 2 aromatic rings. The molecule has 0 atom stereocenters. The highest BCUT2D eigenvalue weighted by atomic mass is 32.1. The van der Waals surface area contributed by atoms with Gasteiger partial charge >= 0.3 is 5.97 Å². The average molecular weight is 285 g/mol. The molecule has 1 aliphatic rings. The average Bonchev–Trinajstić information content (AvgIpc) is 2.94. The van der Waals surface area contributed by atoms with Gasteiger partial charge < -0.3 is 10.4 Å². The number of carboxylic acid groups (broad SMARTS) is 1. The molecule has 3 rings (SSSR count). The third kappa shape index (κ3) is 2.12. The summed E-state index contributed by atoms with van der Waals surface area (Å²) in [4.78, 5) is 25.2. The van der Waals surface area contributed by atoms with Crippen LogP contribution in [0.1, 0.15) is 25.7 Å². The molecule has 0 saturated heterocycles. The monoisotopic (exact) mass is 285 g/mol. The first-order valence-corrected chi connectivity index (χ1v) is 6.83. The van der Waals surface area contributed by atoms with E-state index in [1.54, 1.807) is 23.5 Å². The molecular weight excluding hydrogens is 274 g/mol. The Morgan fingerprint density at radius 2 is 2.10 bits per heavy atom. The van der Waals surface area contributed by atoms with Gasteiger partial charge in [-0.2, -0.15) is 0 Å². The number of anilines is 1. The molecule has 5 heteroatoms. The minimum atomic E-state index is -1.00. The Morgan fingerprint density at radius 3 is 2.75 bits per heavy atom. The Bertz CT molecular complexity index is 758. The standard InChI is InChI=1S/C15H11NO3S/c1-8-2-4-10(20-8)7-12-11-6-9(15(18)19)3-5-13(11)16-14(12)17/h2-7H,1H3,(H,16,17)(H,18,19)/b12-7-. The number of carboxylic acids is 1. The van der Waals surface area contributed by atoms with Crippen molar-refractivity contribution in [1.29, 1.82) is 0 Å². The smallest absolute Gasteiger partial charge is 0.335 e. The Morgan fingerprint density at radius 1 is 1.30 bits per heavy atom. The molecule has 0 saturated carbocycles. The maximum absolute atomic E-state index is 12.0. The van der Waals surface area contributed by atoms with Crippen LogP contribution in [0.5, 0.6) is 0 Å². The number of carbonyl (C=O) groups excluding carboxylic acids is 1. The topological polar surface area (TPSA) is 66.4 Å². The van der Waals surface area contributed by atoms with Gasteiger partial charge in [0.1, 0.15) is 0 Å². The first-order valence-electron chi connectivity index (χ1n) is 6.02. The van der Waals surface area contributed by atoms with Gasteiger partial charge in [0, 0.05) is 21.0 Å². The van der Waals surface area contributed by atoms with E-state index in [0.717, 1.165) is 9.75 Å². The van der Waals surface area contributed by atoms with Crippen LogP contribution in [0.15, 0.2) is 30.3 Å². The van der Waals surface area contributed by atoms with Gasteiger partial charge in [-0.25, -0.2) is 4.79 Å². The Kier molecular flexibility index (Phi) is 2.91. The quantitative estimate of drug-likeness (QED) is 0.832. The second-order valence-corrected chi connectivity index (χ2v) is 5.85. The minimum absolute atomic E-state index is 0.175. The van der Waals surface area contributed by atoms with Gasteiger partial charge in [0.2, 0.25) is 0 Å². The van der Waals surface area contributed by atoms with E-state index in [1.165, 1.54) is 12.1 Å². The summed E-state index contributed by atoms with van der Waals surface area (Å²) in [6.45, 7) is 2.00. The lowest BCUT2D eigenvalue weighted by molar-refractivity contribution is -0.110. The van der Waals surface area contributed by atoms with E-state index in [4.69, 9.17) is 5.11 Å². The number of fused-ring (bicyclic) bond motifs is 1. The highest BCUT2D eigenvalue weighted by molar-refractivity contribution is 7.12. The van der Waals surface area contributed by atoms with Crippen molar-refractivity contribution in [1.82, 2.24) is 0 Å². The summed E-state index contributed by atoms with van der Waals surface area (Å²) >= 11 is 1.59. The number of thiophene rings is 1. The molecule has 4 nitrogen and oxygen atoms in total. The van der Waals surface area contributed by atoms with Crippen LogP contribution in [0, 0.1) is 6.92 Å². The fourth-order valence-corrected chi connectivity index (χ4v) is 2.96. The molecule has 1 aromatic carbocycles. The molecule has 1 aromatic heterocycles. The molecule has 1 aliphatic heterocycles. The highest BCUT2D eigenvalue weighted by Gasteiger charge is 2.25. The number of nitrogens with one attached hydrogen (secondary N) is 1. The zero-order chi connectivity index (χ0) is 14.3. The number of amides is 1. The Balaban J connectivity index is 2.10. The van der Waals surface area contributed by atoms with Crippen molar-refractivity contribution in [3.8, 4) is 0 Å². The predicted octanol–water partition coefficient (Wildman–Crippen LogP) is 3.25. The van der Waals surface area contributed by atoms with E-state index >= 15 is 0 Å². The van der Waals surface area contributed by atoms with Crippen molar-refractivity contribution in [3.05, 3.63) is 51.2 Å². The van der Waals surface area contributed by atoms with Gasteiger partial charge in [-0.1, -0.05) is 0 Å². The SMILES string of the molecule is Cc1ccc(/C=C2\C(=O)Nc3ccc(C(=O)O)cc32)s1. The van der Waals surface area contributed by atoms with E-state index in [1.807, 2.05) is 19.1 Å². The summed E-state index contributed by atoms with van der Waals surface area (Å²) < 4.78 is 0. The van der Waals surface area contributed by atoms with Crippen molar-refractivity contribution < 1.29 is 14.7 Å². The summed E-state index contributed by atoms with van der Waals surface area (Å²) in [6.07, 6.45) is 1.80. The maximum atomic E-state index is 12.0. The number of rotatable bonds is 2. The predicted molar refractivity (Wildman–Crippen MR) is 79.0 cm³/mol. The number of aryl methyl sites for hydroxylation is 1. The third-order valence-electron chi connectivity index (χ3n) is 3.10. The summed E-state index contributed by atoms with van der Waals surface area (Å²) in [6, 6.07) is 8.57. The van der Waals surface area contributed by atoms with Crippen LogP contribution in [0.25, 0.3) is 11.6 Å². The molecule has 0 unspecified atom stereocenters. The van der Waals surface area contributed by atoms with E-state index in [-0.39, 0.29) is 11.5 Å². The fourth-order valence-electron chi connectivity index (χ4n) is 2.14. The van der Waals surface area contributed by atoms with E-state index in [2.05, 4.69) is 5.32 Å². The number of benzene rings is 1. The number of aromatic carboxylic acids is 1. The second-order valence-electron chi connectivity index (χ2n) is 4.53. The van der Waals surface area contributed by atoms with E-state index in [0.29, 0.717) is 16.8 Å². The summed E-state index contributed by atoms with van der Waals surface area (Å²) in [5.41, 5.74) is 1.97. The van der Waals surface area contributed by atoms with Crippen molar-refractivity contribution in [2.24, 2.45) is 0 Å². The van der Waals surface area contributed by atoms with E-state index < -0.39 is 5.97 Å². The molecular formula is C15H11NO3S. The molecule has 0 radical (unpaired) electrons. The molecule has 2 heterocycles. The molecule has 1 amide bonds. The van der Waals surface area contributed by atoms with Crippen molar-refractivity contribution in [3.63, 3.8) is 0 Å². The van der Waals surface area contributed by atoms with Crippen LogP contribution >= 0.6 is 11.3 Å².